The Hall–Kier alpha value is -0.830. The highest BCUT2D eigenvalue weighted by molar-refractivity contribution is 5.76. The van der Waals surface area contributed by atoms with Gasteiger partial charge in [-0.05, 0) is 38.3 Å². The van der Waals surface area contributed by atoms with E-state index in [2.05, 4.69) is 22.8 Å². The maximum atomic E-state index is 11.6. The molecule has 0 radical (unpaired) electrons. The van der Waals surface area contributed by atoms with Crippen LogP contribution in [0.25, 0.3) is 0 Å². The molecule has 1 aliphatic heterocycles. The lowest BCUT2D eigenvalue weighted by Gasteiger charge is -2.13. The van der Waals surface area contributed by atoms with E-state index in [1.807, 2.05) is 0 Å². The molecular weight excluding hydrogens is 176 g/mol. The zero-order valence-electron chi connectivity index (χ0n) is 8.46. The Balaban J connectivity index is 1.67. The molecule has 0 bridgehead atoms. The van der Waals surface area contributed by atoms with E-state index in [9.17, 15) is 4.79 Å². The van der Waals surface area contributed by atoms with Gasteiger partial charge in [0.25, 0.3) is 0 Å². The van der Waals surface area contributed by atoms with Crippen molar-refractivity contribution in [3.8, 4) is 0 Å². The first-order valence-corrected chi connectivity index (χ1v) is 5.49. The average molecular weight is 194 g/mol. The van der Waals surface area contributed by atoms with Crippen LogP contribution in [0.15, 0.2) is 12.2 Å². The molecule has 1 saturated heterocycles. The van der Waals surface area contributed by atoms with E-state index in [0.717, 1.165) is 32.4 Å². The molecule has 3 nitrogen and oxygen atoms in total. The van der Waals surface area contributed by atoms with E-state index in [0.29, 0.717) is 18.4 Å². The third-order valence-electron chi connectivity index (χ3n) is 3.01. The van der Waals surface area contributed by atoms with Crippen LogP contribution in [0.1, 0.15) is 25.7 Å². The van der Waals surface area contributed by atoms with Crippen molar-refractivity contribution >= 4 is 5.91 Å². The lowest BCUT2D eigenvalue weighted by Crippen LogP contribution is -2.34. The van der Waals surface area contributed by atoms with E-state index in [4.69, 9.17) is 0 Å². The minimum absolute atomic E-state index is 0.229. The standard InChI is InChI=1S/C11H18N2O/c14-11(7-9-5-6-12-8-9)13-10-3-1-2-4-10/h1-2,9-10,12H,3-8H2,(H,13,14)/t9-/m0/s1. The van der Waals surface area contributed by atoms with Crippen molar-refractivity contribution in [2.45, 2.75) is 31.7 Å². The second-order valence-electron chi connectivity index (χ2n) is 4.27. The van der Waals surface area contributed by atoms with Gasteiger partial charge in [0.2, 0.25) is 5.91 Å². The van der Waals surface area contributed by atoms with E-state index >= 15 is 0 Å². The molecule has 0 saturated carbocycles. The number of rotatable bonds is 3. The van der Waals surface area contributed by atoms with Gasteiger partial charge in [-0.2, -0.15) is 0 Å². The SMILES string of the molecule is O=C(C[C@@H]1CCNC1)NC1CC=CC1. The summed E-state index contributed by atoms with van der Waals surface area (Å²) in [5, 5.41) is 6.36. The number of hydrogen-bond acceptors (Lipinski definition) is 2. The van der Waals surface area contributed by atoms with Crippen LogP contribution < -0.4 is 10.6 Å². The topological polar surface area (TPSA) is 41.1 Å². The first kappa shape index (κ1) is 9.71. The second-order valence-corrected chi connectivity index (χ2v) is 4.27. The van der Waals surface area contributed by atoms with Gasteiger partial charge in [0, 0.05) is 12.5 Å². The summed E-state index contributed by atoms with van der Waals surface area (Å²) < 4.78 is 0. The molecule has 0 aromatic rings. The summed E-state index contributed by atoms with van der Waals surface area (Å²) in [5.41, 5.74) is 0. The molecule has 0 aromatic carbocycles. The molecule has 1 amide bonds. The molecule has 0 aromatic heterocycles. The summed E-state index contributed by atoms with van der Waals surface area (Å²) >= 11 is 0. The van der Waals surface area contributed by atoms with Crippen molar-refractivity contribution in [2.24, 2.45) is 5.92 Å². The van der Waals surface area contributed by atoms with Gasteiger partial charge < -0.3 is 10.6 Å². The number of carbonyl (C=O) groups excluding carboxylic acids is 1. The molecule has 0 unspecified atom stereocenters. The summed E-state index contributed by atoms with van der Waals surface area (Å²) in [4.78, 5) is 11.6. The Bertz CT molecular complexity index is 217. The third kappa shape index (κ3) is 2.58. The van der Waals surface area contributed by atoms with Gasteiger partial charge in [0.1, 0.15) is 0 Å². The Morgan fingerprint density at radius 2 is 2.21 bits per heavy atom. The Morgan fingerprint density at radius 3 is 2.86 bits per heavy atom. The normalized spacial score (nSPS) is 27.0. The first-order valence-electron chi connectivity index (χ1n) is 5.49. The fraction of sp³-hybridized carbons (Fsp3) is 0.727. The zero-order chi connectivity index (χ0) is 9.80. The van der Waals surface area contributed by atoms with E-state index in [1.165, 1.54) is 0 Å². The van der Waals surface area contributed by atoms with E-state index in [1.54, 1.807) is 0 Å². The maximum absolute atomic E-state index is 11.6. The molecule has 1 fully saturated rings. The molecule has 1 heterocycles. The predicted octanol–water partition coefficient (Wildman–Crippen LogP) is 0.821. The van der Waals surface area contributed by atoms with Crippen LogP contribution in [0.5, 0.6) is 0 Å². The molecule has 14 heavy (non-hydrogen) atoms. The van der Waals surface area contributed by atoms with E-state index in [-0.39, 0.29) is 5.91 Å². The van der Waals surface area contributed by atoms with Gasteiger partial charge in [-0.25, -0.2) is 0 Å². The molecule has 2 N–H and O–H groups in total. The number of nitrogens with one attached hydrogen (secondary N) is 2. The predicted molar refractivity (Wildman–Crippen MR) is 55.9 cm³/mol. The van der Waals surface area contributed by atoms with Crippen molar-refractivity contribution in [3.63, 3.8) is 0 Å². The molecule has 78 valence electrons. The fourth-order valence-corrected chi connectivity index (χ4v) is 2.17. The van der Waals surface area contributed by atoms with Crippen LogP contribution in [0, 0.1) is 5.92 Å². The van der Waals surface area contributed by atoms with Gasteiger partial charge in [-0.15, -0.1) is 0 Å². The summed E-state index contributed by atoms with van der Waals surface area (Å²) in [6.07, 6.45) is 8.15. The van der Waals surface area contributed by atoms with Gasteiger partial charge in [0.05, 0.1) is 0 Å². The highest BCUT2D eigenvalue weighted by Gasteiger charge is 2.20. The van der Waals surface area contributed by atoms with Crippen LogP contribution in [-0.4, -0.2) is 25.0 Å². The van der Waals surface area contributed by atoms with Crippen molar-refractivity contribution in [1.82, 2.24) is 10.6 Å². The van der Waals surface area contributed by atoms with Crippen LogP contribution >= 0.6 is 0 Å². The lowest BCUT2D eigenvalue weighted by atomic mass is 10.0. The van der Waals surface area contributed by atoms with E-state index < -0.39 is 0 Å². The second kappa shape index (κ2) is 4.60. The van der Waals surface area contributed by atoms with Gasteiger partial charge in [-0.3, -0.25) is 4.79 Å². The largest absolute Gasteiger partial charge is 0.353 e. The molecule has 1 aliphatic carbocycles. The minimum Gasteiger partial charge on any atom is -0.353 e. The van der Waals surface area contributed by atoms with Crippen LogP contribution in [-0.2, 0) is 4.79 Å². The summed E-state index contributed by atoms with van der Waals surface area (Å²) in [6.45, 7) is 2.08. The van der Waals surface area contributed by atoms with Crippen molar-refractivity contribution in [3.05, 3.63) is 12.2 Å². The Labute approximate surface area is 84.9 Å². The Morgan fingerprint density at radius 1 is 1.43 bits per heavy atom. The molecular formula is C11H18N2O. The summed E-state index contributed by atoms with van der Waals surface area (Å²) in [5.74, 6) is 0.789. The summed E-state index contributed by atoms with van der Waals surface area (Å²) in [6, 6.07) is 0.372. The van der Waals surface area contributed by atoms with Crippen LogP contribution in [0.4, 0.5) is 0 Å². The summed E-state index contributed by atoms with van der Waals surface area (Å²) in [7, 11) is 0. The highest BCUT2D eigenvalue weighted by atomic mass is 16.1. The minimum atomic E-state index is 0.229. The van der Waals surface area contributed by atoms with Crippen molar-refractivity contribution in [1.29, 1.82) is 0 Å². The first-order chi connectivity index (χ1) is 6.84. The Kier molecular flexibility index (Phi) is 3.19. The van der Waals surface area contributed by atoms with Gasteiger partial charge in [0.15, 0.2) is 0 Å². The molecule has 3 heteroatoms. The smallest absolute Gasteiger partial charge is 0.220 e. The fourth-order valence-electron chi connectivity index (χ4n) is 2.17. The number of carbonyl (C=O) groups is 1. The third-order valence-corrected chi connectivity index (χ3v) is 3.01. The monoisotopic (exact) mass is 194 g/mol. The van der Waals surface area contributed by atoms with Gasteiger partial charge >= 0.3 is 0 Å². The molecule has 1 atom stereocenters. The molecule has 2 rings (SSSR count). The number of hydrogen-bond donors (Lipinski definition) is 2. The average Bonchev–Trinajstić information content (AvgIpc) is 2.76. The van der Waals surface area contributed by atoms with Crippen LogP contribution in [0.2, 0.25) is 0 Å². The highest BCUT2D eigenvalue weighted by Crippen LogP contribution is 2.14. The molecule has 0 spiro atoms. The molecule has 2 aliphatic rings. The lowest BCUT2D eigenvalue weighted by molar-refractivity contribution is -0.122. The quantitative estimate of drug-likeness (QED) is 0.653. The number of amides is 1. The van der Waals surface area contributed by atoms with Crippen molar-refractivity contribution in [2.75, 3.05) is 13.1 Å². The van der Waals surface area contributed by atoms with Crippen molar-refractivity contribution < 1.29 is 4.79 Å². The zero-order valence-corrected chi connectivity index (χ0v) is 8.46. The maximum Gasteiger partial charge on any atom is 0.220 e. The van der Waals surface area contributed by atoms with Gasteiger partial charge in [-0.1, -0.05) is 12.2 Å². The van der Waals surface area contributed by atoms with Crippen LogP contribution in [0.3, 0.4) is 0 Å².